The third-order valence-electron chi connectivity index (χ3n) is 2.93. The van der Waals surface area contributed by atoms with Crippen LogP contribution in [0.5, 0.6) is 0 Å². The predicted molar refractivity (Wildman–Crippen MR) is 80.7 cm³/mol. The van der Waals surface area contributed by atoms with E-state index in [1.807, 2.05) is 0 Å². The van der Waals surface area contributed by atoms with Crippen LogP contribution in [0, 0.1) is 0 Å². The smallest absolute Gasteiger partial charge is 0.323 e. The first-order chi connectivity index (χ1) is 10.2. The van der Waals surface area contributed by atoms with E-state index in [4.69, 9.17) is 5.11 Å². The minimum atomic E-state index is -3.66. The van der Waals surface area contributed by atoms with Gasteiger partial charge < -0.3 is 10.0 Å². The SMILES string of the molecule is CC(C)N(CC(=O)O)C(=O)CCNS(=O)(=O)c1ccccc1. The van der Waals surface area contributed by atoms with Crippen LogP contribution in [0.15, 0.2) is 35.2 Å². The lowest BCUT2D eigenvalue weighted by Gasteiger charge is -2.24. The van der Waals surface area contributed by atoms with E-state index in [9.17, 15) is 18.0 Å². The van der Waals surface area contributed by atoms with Crippen molar-refractivity contribution in [2.45, 2.75) is 31.2 Å². The lowest BCUT2D eigenvalue weighted by atomic mass is 10.2. The zero-order valence-corrected chi connectivity index (χ0v) is 13.3. The second-order valence-corrected chi connectivity index (χ2v) is 6.74. The quantitative estimate of drug-likeness (QED) is 0.730. The fraction of sp³-hybridized carbons (Fsp3) is 0.429. The molecule has 0 unspecified atom stereocenters. The molecule has 0 aliphatic carbocycles. The number of carboxylic acid groups (broad SMARTS) is 1. The fourth-order valence-electron chi connectivity index (χ4n) is 1.82. The Hall–Kier alpha value is -1.93. The molecule has 8 heteroatoms. The van der Waals surface area contributed by atoms with E-state index in [2.05, 4.69) is 4.72 Å². The van der Waals surface area contributed by atoms with Gasteiger partial charge in [0, 0.05) is 19.0 Å². The zero-order valence-electron chi connectivity index (χ0n) is 12.5. The van der Waals surface area contributed by atoms with Crippen molar-refractivity contribution in [1.82, 2.24) is 9.62 Å². The second kappa shape index (κ2) is 7.90. The van der Waals surface area contributed by atoms with Gasteiger partial charge in [-0.05, 0) is 26.0 Å². The van der Waals surface area contributed by atoms with Gasteiger partial charge in [-0.1, -0.05) is 18.2 Å². The molecule has 0 bridgehead atoms. The molecule has 1 aromatic rings. The van der Waals surface area contributed by atoms with Crippen molar-refractivity contribution in [3.05, 3.63) is 30.3 Å². The van der Waals surface area contributed by atoms with Crippen LogP contribution < -0.4 is 4.72 Å². The summed E-state index contributed by atoms with van der Waals surface area (Å²) in [5.41, 5.74) is 0. The van der Waals surface area contributed by atoms with Crippen molar-refractivity contribution in [3.8, 4) is 0 Å². The van der Waals surface area contributed by atoms with Gasteiger partial charge in [-0.15, -0.1) is 0 Å². The van der Waals surface area contributed by atoms with Crippen LogP contribution in [-0.2, 0) is 19.6 Å². The molecule has 0 aliphatic rings. The van der Waals surface area contributed by atoms with Crippen molar-refractivity contribution in [2.75, 3.05) is 13.1 Å². The molecule has 2 N–H and O–H groups in total. The van der Waals surface area contributed by atoms with Gasteiger partial charge in [0.1, 0.15) is 6.54 Å². The number of rotatable bonds is 8. The summed E-state index contributed by atoms with van der Waals surface area (Å²) in [7, 11) is -3.66. The summed E-state index contributed by atoms with van der Waals surface area (Å²) >= 11 is 0. The second-order valence-electron chi connectivity index (χ2n) is 4.97. The Morgan fingerprint density at radius 1 is 1.23 bits per heavy atom. The van der Waals surface area contributed by atoms with Gasteiger partial charge in [0.25, 0.3) is 0 Å². The van der Waals surface area contributed by atoms with Gasteiger partial charge in [0.05, 0.1) is 4.90 Å². The molecule has 0 aliphatic heterocycles. The van der Waals surface area contributed by atoms with E-state index in [0.29, 0.717) is 0 Å². The maximum Gasteiger partial charge on any atom is 0.323 e. The largest absolute Gasteiger partial charge is 0.480 e. The lowest BCUT2D eigenvalue weighted by Crippen LogP contribution is -2.42. The summed E-state index contributed by atoms with van der Waals surface area (Å²) < 4.78 is 26.3. The molecule has 1 aromatic carbocycles. The summed E-state index contributed by atoms with van der Waals surface area (Å²) in [6.07, 6.45) is -0.0997. The Morgan fingerprint density at radius 3 is 2.32 bits per heavy atom. The van der Waals surface area contributed by atoms with Gasteiger partial charge in [-0.3, -0.25) is 9.59 Å². The van der Waals surface area contributed by atoms with Crippen LogP contribution in [0.2, 0.25) is 0 Å². The first kappa shape index (κ1) is 18.1. The normalized spacial score (nSPS) is 11.4. The van der Waals surface area contributed by atoms with Crippen LogP contribution in [0.3, 0.4) is 0 Å². The highest BCUT2D eigenvalue weighted by atomic mass is 32.2. The molecule has 0 heterocycles. The number of carbonyl (C=O) groups excluding carboxylic acids is 1. The van der Waals surface area contributed by atoms with Crippen molar-refractivity contribution in [3.63, 3.8) is 0 Å². The van der Waals surface area contributed by atoms with Crippen molar-refractivity contribution < 1.29 is 23.1 Å². The van der Waals surface area contributed by atoms with Crippen LogP contribution in [0.25, 0.3) is 0 Å². The highest BCUT2D eigenvalue weighted by molar-refractivity contribution is 7.89. The Bertz CT molecular complexity index is 613. The van der Waals surface area contributed by atoms with E-state index < -0.39 is 28.4 Å². The Labute approximate surface area is 130 Å². The van der Waals surface area contributed by atoms with Crippen LogP contribution in [-0.4, -0.2) is 49.4 Å². The molecule has 0 radical (unpaired) electrons. The molecule has 0 aromatic heterocycles. The van der Waals surface area contributed by atoms with Gasteiger partial charge in [0.2, 0.25) is 15.9 Å². The Kier molecular flexibility index (Phi) is 6.51. The number of carboxylic acids is 1. The molecular weight excluding hydrogens is 308 g/mol. The molecule has 122 valence electrons. The summed E-state index contributed by atoms with van der Waals surface area (Å²) in [6.45, 7) is 2.92. The van der Waals surface area contributed by atoms with E-state index in [1.54, 1.807) is 32.0 Å². The molecule has 22 heavy (non-hydrogen) atoms. The molecule has 1 rings (SSSR count). The molecule has 0 saturated carbocycles. The Morgan fingerprint density at radius 2 is 1.82 bits per heavy atom. The number of hydrogen-bond donors (Lipinski definition) is 2. The molecule has 0 saturated heterocycles. The number of benzene rings is 1. The number of aliphatic carboxylic acids is 1. The van der Waals surface area contributed by atoms with E-state index in [0.717, 1.165) is 0 Å². The average Bonchev–Trinajstić information content (AvgIpc) is 2.45. The summed E-state index contributed by atoms with van der Waals surface area (Å²) in [5, 5.41) is 8.78. The summed E-state index contributed by atoms with van der Waals surface area (Å²) in [4.78, 5) is 24.0. The van der Waals surface area contributed by atoms with E-state index in [1.165, 1.54) is 17.0 Å². The maximum atomic E-state index is 12.0. The first-order valence-corrected chi connectivity index (χ1v) is 8.28. The molecule has 0 spiro atoms. The van der Waals surface area contributed by atoms with E-state index in [-0.39, 0.29) is 23.9 Å². The Balaban J connectivity index is 2.59. The number of sulfonamides is 1. The third-order valence-corrected chi connectivity index (χ3v) is 4.41. The van der Waals surface area contributed by atoms with Crippen molar-refractivity contribution in [2.24, 2.45) is 0 Å². The van der Waals surface area contributed by atoms with E-state index >= 15 is 0 Å². The average molecular weight is 328 g/mol. The molecule has 1 amide bonds. The van der Waals surface area contributed by atoms with Gasteiger partial charge in [0.15, 0.2) is 0 Å². The molecule has 0 fully saturated rings. The van der Waals surface area contributed by atoms with Crippen LogP contribution in [0.4, 0.5) is 0 Å². The fourth-order valence-corrected chi connectivity index (χ4v) is 2.88. The van der Waals surface area contributed by atoms with Gasteiger partial charge in [-0.2, -0.15) is 0 Å². The highest BCUT2D eigenvalue weighted by Gasteiger charge is 2.20. The number of carbonyl (C=O) groups is 2. The topological polar surface area (TPSA) is 104 Å². The minimum absolute atomic E-state index is 0.0844. The molecular formula is C14H20N2O5S. The monoisotopic (exact) mass is 328 g/mol. The number of nitrogens with zero attached hydrogens (tertiary/aromatic N) is 1. The standard InChI is InChI=1S/C14H20N2O5S/c1-11(2)16(10-14(18)19)13(17)8-9-15-22(20,21)12-6-4-3-5-7-12/h3-7,11,15H,8-10H2,1-2H3,(H,18,19). The molecule has 7 nitrogen and oxygen atoms in total. The number of nitrogens with one attached hydrogen (secondary N) is 1. The minimum Gasteiger partial charge on any atom is -0.480 e. The van der Waals surface area contributed by atoms with Gasteiger partial charge >= 0.3 is 5.97 Å². The van der Waals surface area contributed by atoms with Crippen LogP contribution in [0.1, 0.15) is 20.3 Å². The summed E-state index contributed by atoms with van der Waals surface area (Å²) in [6, 6.07) is 7.55. The van der Waals surface area contributed by atoms with Crippen molar-refractivity contribution >= 4 is 21.9 Å². The maximum absolute atomic E-state index is 12.0. The molecule has 0 atom stereocenters. The van der Waals surface area contributed by atoms with Gasteiger partial charge in [-0.25, -0.2) is 13.1 Å². The first-order valence-electron chi connectivity index (χ1n) is 6.80. The number of amides is 1. The lowest BCUT2D eigenvalue weighted by molar-refractivity contribution is -0.145. The highest BCUT2D eigenvalue weighted by Crippen LogP contribution is 2.07. The summed E-state index contributed by atoms with van der Waals surface area (Å²) in [5.74, 6) is -1.51. The predicted octanol–water partition coefficient (Wildman–Crippen LogP) is 0.677. The van der Waals surface area contributed by atoms with Crippen LogP contribution >= 0.6 is 0 Å². The number of hydrogen-bond acceptors (Lipinski definition) is 4. The third kappa shape index (κ3) is 5.45. The zero-order chi connectivity index (χ0) is 16.8. The van der Waals surface area contributed by atoms with Crippen molar-refractivity contribution in [1.29, 1.82) is 0 Å².